The van der Waals surface area contributed by atoms with Crippen molar-refractivity contribution in [2.24, 2.45) is 0 Å². The Labute approximate surface area is 206 Å². The molecule has 1 fully saturated rings. The zero-order valence-electron chi connectivity index (χ0n) is 19.1. The molecule has 3 heterocycles. The van der Waals surface area contributed by atoms with Crippen molar-refractivity contribution >= 4 is 33.4 Å². The number of nitrogens with zero attached hydrogens (tertiary/aromatic N) is 4. The van der Waals surface area contributed by atoms with Crippen LogP contribution in [0.25, 0.3) is 21.9 Å². The van der Waals surface area contributed by atoms with Crippen molar-refractivity contribution in [1.82, 2.24) is 9.29 Å². The van der Waals surface area contributed by atoms with Crippen molar-refractivity contribution in [2.45, 2.75) is 12.0 Å². The van der Waals surface area contributed by atoms with Gasteiger partial charge in [-0.1, -0.05) is 54.6 Å². The summed E-state index contributed by atoms with van der Waals surface area (Å²) in [6.45, 7) is 1.24. The van der Waals surface area contributed by atoms with Gasteiger partial charge in [0, 0.05) is 42.2 Å². The van der Waals surface area contributed by atoms with Crippen LogP contribution in [0.5, 0.6) is 0 Å². The summed E-state index contributed by atoms with van der Waals surface area (Å²) in [5, 5.41) is 11.3. The number of benzene rings is 3. The molecule has 0 radical (unpaired) electrons. The van der Waals surface area contributed by atoms with Crippen LogP contribution in [0.2, 0.25) is 0 Å². The second kappa shape index (κ2) is 8.12. The number of fused-ring (bicyclic) bond motifs is 3. The largest absolute Gasteiger partial charge is 0.305 e. The van der Waals surface area contributed by atoms with E-state index in [4.69, 9.17) is 4.98 Å². The second-order valence-corrected chi connectivity index (χ2v) is 10.4. The molecule has 6 nitrogen and oxygen atoms in total. The number of carbonyl (C=O) groups is 1. The average Bonchev–Trinajstić information content (AvgIpc) is 3.11. The van der Waals surface area contributed by atoms with Crippen LogP contribution in [0.4, 0.5) is 5.69 Å². The van der Waals surface area contributed by atoms with Crippen LogP contribution in [-0.4, -0.2) is 38.8 Å². The Morgan fingerprint density at radius 1 is 1.03 bits per heavy atom. The van der Waals surface area contributed by atoms with Gasteiger partial charge in [0.2, 0.25) is 5.91 Å². The number of carbonyl (C=O) groups excluding carboxylic acids is 1. The highest BCUT2D eigenvalue weighted by atomic mass is 32.2. The number of hydrogen-bond donors (Lipinski definition) is 0. The fourth-order valence-electron chi connectivity index (χ4n) is 5.30. The molecule has 1 amide bonds. The maximum Gasteiger partial charge on any atom is 0.240 e. The Morgan fingerprint density at radius 3 is 2.49 bits per heavy atom. The number of nitriles is 1. The monoisotopic (exact) mass is 478 g/mol. The lowest BCUT2D eigenvalue weighted by atomic mass is 9.76. The van der Waals surface area contributed by atoms with Crippen LogP contribution in [0.1, 0.15) is 16.8 Å². The quantitative estimate of drug-likeness (QED) is 0.441. The van der Waals surface area contributed by atoms with Gasteiger partial charge in [-0.2, -0.15) is 5.26 Å². The number of amides is 1. The van der Waals surface area contributed by atoms with Crippen LogP contribution in [0.3, 0.4) is 0 Å². The van der Waals surface area contributed by atoms with E-state index in [1.807, 2.05) is 70.0 Å². The third-order valence-electron chi connectivity index (χ3n) is 7.11. The third-order valence-corrected chi connectivity index (χ3v) is 8.10. The van der Waals surface area contributed by atoms with Crippen molar-refractivity contribution < 1.29 is 9.00 Å². The predicted molar refractivity (Wildman–Crippen MR) is 137 cm³/mol. The summed E-state index contributed by atoms with van der Waals surface area (Å²) in [5.74, 6) is 0.0288. The second-order valence-electron chi connectivity index (χ2n) is 9.07. The highest BCUT2D eigenvalue weighted by Crippen LogP contribution is 2.48. The molecule has 1 saturated heterocycles. The Bertz CT molecular complexity index is 1550. The van der Waals surface area contributed by atoms with Gasteiger partial charge in [-0.25, -0.2) is 8.51 Å². The molecule has 2 aliphatic heterocycles. The molecule has 1 aromatic heterocycles. The Hall–Kier alpha value is -3.86. The minimum atomic E-state index is -1.11. The maximum absolute atomic E-state index is 13.9. The Balaban J connectivity index is 1.46. The lowest BCUT2D eigenvalue weighted by molar-refractivity contribution is -0.127. The van der Waals surface area contributed by atoms with E-state index in [0.29, 0.717) is 25.2 Å². The van der Waals surface area contributed by atoms with E-state index < -0.39 is 16.4 Å². The van der Waals surface area contributed by atoms with E-state index in [1.54, 1.807) is 18.4 Å². The van der Waals surface area contributed by atoms with Crippen LogP contribution in [-0.2, 0) is 27.7 Å². The highest BCUT2D eigenvalue weighted by Gasteiger charge is 2.58. The molecule has 1 spiro atoms. The zero-order valence-corrected chi connectivity index (χ0v) is 20.0. The number of anilines is 1. The summed E-state index contributed by atoms with van der Waals surface area (Å²) in [6, 6.07) is 25.6. The Kier molecular flexibility index (Phi) is 5.03. The third kappa shape index (κ3) is 3.29. The fourth-order valence-corrected chi connectivity index (χ4v) is 6.11. The van der Waals surface area contributed by atoms with Crippen molar-refractivity contribution in [3.63, 3.8) is 0 Å². The molecule has 1 atom stereocenters. The molecular formula is C28H22N4O2S. The number of para-hydroxylation sites is 1. The topological polar surface area (TPSA) is 77.3 Å². The molecule has 6 rings (SSSR count). The first-order valence-electron chi connectivity index (χ1n) is 11.4. The van der Waals surface area contributed by atoms with E-state index in [2.05, 4.69) is 12.1 Å². The highest BCUT2D eigenvalue weighted by molar-refractivity contribution is 7.81. The minimum Gasteiger partial charge on any atom is -0.305 e. The molecular weight excluding hydrogens is 456 g/mol. The number of hydrogen-bond acceptors (Lipinski definition) is 4. The fraction of sp³-hybridized carbons (Fsp3) is 0.179. The van der Waals surface area contributed by atoms with Crippen molar-refractivity contribution in [3.05, 3.63) is 95.8 Å². The molecule has 2 aliphatic rings. The predicted octanol–water partition coefficient (Wildman–Crippen LogP) is 4.17. The summed E-state index contributed by atoms with van der Waals surface area (Å²) < 4.78 is 13.8. The summed E-state index contributed by atoms with van der Waals surface area (Å²) in [5.41, 5.74) is 4.53. The first kappa shape index (κ1) is 21.7. The van der Waals surface area contributed by atoms with Gasteiger partial charge in [-0.05, 0) is 34.7 Å². The molecule has 3 aromatic carbocycles. The van der Waals surface area contributed by atoms with Gasteiger partial charge < -0.3 is 4.90 Å². The molecule has 1 unspecified atom stereocenters. The Morgan fingerprint density at radius 2 is 1.74 bits per heavy atom. The first-order chi connectivity index (χ1) is 17.0. The summed E-state index contributed by atoms with van der Waals surface area (Å²) in [4.78, 5) is 20.5. The van der Waals surface area contributed by atoms with E-state index in [1.165, 1.54) is 0 Å². The number of pyridine rings is 1. The van der Waals surface area contributed by atoms with Crippen molar-refractivity contribution in [1.29, 1.82) is 5.26 Å². The lowest BCUT2D eigenvalue weighted by Crippen LogP contribution is -2.63. The smallest absolute Gasteiger partial charge is 0.240 e. The normalized spacial score (nSPS) is 17.3. The standard InChI is InChI=1S/C28H22N4O2S/c1-35(34)31-17-28(18-31)23-8-4-5-9-25(23)32(27(28)33)16-24-26(20-12-10-19(14-29)11-13-20)22-7-3-2-6-21(22)15-30-24/h2-13,15H,16-18H2,1H3. The molecule has 0 aliphatic carbocycles. The lowest BCUT2D eigenvalue weighted by Gasteiger charge is -2.45. The van der Waals surface area contributed by atoms with E-state index in [0.717, 1.165) is 38.8 Å². The SMILES string of the molecule is CS(=O)N1CC2(C1)C(=O)N(Cc1ncc3ccccc3c1-c1ccc(C#N)cc1)c1ccccc12. The van der Waals surface area contributed by atoms with Gasteiger partial charge in [-0.15, -0.1) is 0 Å². The van der Waals surface area contributed by atoms with E-state index in [-0.39, 0.29) is 5.91 Å². The van der Waals surface area contributed by atoms with Crippen LogP contribution in [0.15, 0.2) is 79.0 Å². The average molecular weight is 479 g/mol. The van der Waals surface area contributed by atoms with Gasteiger partial charge in [0.15, 0.2) is 0 Å². The van der Waals surface area contributed by atoms with Crippen LogP contribution >= 0.6 is 0 Å². The molecule has 0 saturated carbocycles. The molecule has 172 valence electrons. The molecule has 0 bridgehead atoms. The minimum absolute atomic E-state index is 0.0288. The van der Waals surface area contributed by atoms with Gasteiger partial charge >= 0.3 is 0 Å². The van der Waals surface area contributed by atoms with Gasteiger partial charge in [0.05, 0.1) is 34.9 Å². The van der Waals surface area contributed by atoms with Crippen molar-refractivity contribution in [2.75, 3.05) is 24.2 Å². The van der Waals surface area contributed by atoms with Gasteiger partial charge in [0.25, 0.3) is 0 Å². The molecule has 4 aromatic rings. The van der Waals surface area contributed by atoms with Gasteiger partial charge in [-0.3, -0.25) is 9.78 Å². The van der Waals surface area contributed by atoms with E-state index >= 15 is 0 Å². The zero-order chi connectivity index (χ0) is 24.2. The number of rotatable bonds is 4. The number of aromatic nitrogens is 1. The summed E-state index contributed by atoms with van der Waals surface area (Å²) in [6.07, 6.45) is 3.50. The first-order valence-corrected chi connectivity index (χ1v) is 12.9. The summed E-state index contributed by atoms with van der Waals surface area (Å²) >= 11 is 0. The molecule has 0 N–H and O–H groups in total. The van der Waals surface area contributed by atoms with Crippen LogP contribution in [0, 0.1) is 11.3 Å². The van der Waals surface area contributed by atoms with E-state index in [9.17, 15) is 14.3 Å². The molecule has 35 heavy (non-hydrogen) atoms. The van der Waals surface area contributed by atoms with Crippen molar-refractivity contribution in [3.8, 4) is 17.2 Å². The van der Waals surface area contributed by atoms with Crippen LogP contribution < -0.4 is 4.90 Å². The maximum atomic E-state index is 13.9. The van der Waals surface area contributed by atoms with Gasteiger partial charge in [0.1, 0.15) is 5.41 Å². The summed E-state index contributed by atoms with van der Waals surface area (Å²) in [7, 11) is -1.11. The molecule has 7 heteroatoms.